The Kier molecular flexibility index (Phi) is 4.80. The number of primary amides is 1. The van der Waals surface area contributed by atoms with Crippen molar-refractivity contribution in [2.75, 3.05) is 25.1 Å². The number of amides is 3. The van der Waals surface area contributed by atoms with Crippen molar-refractivity contribution in [2.45, 2.75) is 25.3 Å². The van der Waals surface area contributed by atoms with Crippen LogP contribution in [0.5, 0.6) is 0 Å². The number of hydrogen-bond donors (Lipinski definition) is 2. The molecule has 2 fully saturated rings. The molecule has 3 N–H and O–H groups in total. The van der Waals surface area contributed by atoms with Crippen molar-refractivity contribution in [1.29, 1.82) is 0 Å². The smallest absolute Gasteiger partial charge is 0.248 e. The Bertz CT molecular complexity index is 638. The van der Waals surface area contributed by atoms with Crippen LogP contribution in [0.2, 0.25) is 0 Å². The van der Waals surface area contributed by atoms with Gasteiger partial charge >= 0.3 is 0 Å². The molecule has 0 aliphatic carbocycles. The molecule has 2 heterocycles. The molecule has 1 aromatic rings. The van der Waals surface area contributed by atoms with Crippen LogP contribution in [0, 0.1) is 5.92 Å². The first-order valence-corrected chi connectivity index (χ1v) is 8.12. The molecule has 2 aliphatic heterocycles. The van der Waals surface area contributed by atoms with Crippen LogP contribution in [0.25, 0.3) is 0 Å². The van der Waals surface area contributed by atoms with E-state index in [1.807, 2.05) is 4.90 Å². The molecule has 7 heteroatoms. The Hall–Kier alpha value is -2.41. The molecule has 0 saturated carbocycles. The minimum Gasteiger partial charge on any atom is -0.381 e. The van der Waals surface area contributed by atoms with Crippen molar-refractivity contribution >= 4 is 23.4 Å². The van der Waals surface area contributed by atoms with E-state index in [9.17, 15) is 14.4 Å². The second-order valence-corrected chi connectivity index (χ2v) is 6.22. The number of anilines is 1. The van der Waals surface area contributed by atoms with E-state index < -0.39 is 5.91 Å². The van der Waals surface area contributed by atoms with E-state index in [0.29, 0.717) is 31.0 Å². The lowest BCUT2D eigenvalue weighted by molar-refractivity contribution is -0.131. The molecule has 0 aromatic heterocycles. The number of carbonyl (C=O) groups is 3. The van der Waals surface area contributed by atoms with E-state index in [1.165, 1.54) is 0 Å². The van der Waals surface area contributed by atoms with E-state index in [4.69, 9.17) is 10.5 Å². The quantitative estimate of drug-likeness (QED) is 0.850. The molecule has 24 heavy (non-hydrogen) atoms. The fourth-order valence-electron chi connectivity index (χ4n) is 3.22. The second-order valence-electron chi connectivity index (χ2n) is 6.22. The van der Waals surface area contributed by atoms with Crippen LogP contribution in [0.4, 0.5) is 5.69 Å². The zero-order valence-corrected chi connectivity index (χ0v) is 13.4. The van der Waals surface area contributed by atoms with Crippen molar-refractivity contribution in [3.63, 3.8) is 0 Å². The van der Waals surface area contributed by atoms with Gasteiger partial charge in [0, 0.05) is 43.5 Å². The Morgan fingerprint density at radius 2 is 1.83 bits per heavy atom. The van der Waals surface area contributed by atoms with E-state index in [0.717, 1.165) is 12.8 Å². The Balaban J connectivity index is 1.59. The monoisotopic (exact) mass is 331 g/mol. The van der Waals surface area contributed by atoms with Gasteiger partial charge in [-0.25, -0.2) is 0 Å². The summed E-state index contributed by atoms with van der Waals surface area (Å²) in [4.78, 5) is 37.5. The number of rotatable bonds is 4. The Labute approximate surface area is 140 Å². The molecule has 0 bridgehead atoms. The first-order valence-electron chi connectivity index (χ1n) is 8.12. The third-order valence-electron chi connectivity index (χ3n) is 4.60. The predicted octanol–water partition coefficient (Wildman–Crippen LogP) is 0.751. The highest BCUT2D eigenvalue weighted by Crippen LogP contribution is 2.26. The molecule has 2 aliphatic rings. The van der Waals surface area contributed by atoms with Crippen LogP contribution >= 0.6 is 0 Å². The van der Waals surface area contributed by atoms with E-state index in [1.54, 1.807) is 24.3 Å². The summed E-state index contributed by atoms with van der Waals surface area (Å²) in [5, 5.41) is 2.80. The van der Waals surface area contributed by atoms with Crippen molar-refractivity contribution in [3.05, 3.63) is 29.8 Å². The van der Waals surface area contributed by atoms with Gasteiger partial charge in [-0.1, -0.05) is 0 Å². The van der Waals surface area contributed by atoms with Crippen molar-refractivity contribution < 1.29 is 19.1 Å². The van der Waals surface area contributed by atoms with Crippen molar-refractivity contribution in [1.82, 2.24) is 4.90 Å². The van der Waals surface area contributed by atoms with Gasteiger partial charge in [-0.15, -0.1) is 0 Å². The highest BCUT2D eigenvalue weighted by atomic mass is 16.5. The van der Waals surface area contributed by atoms with Crippen molar-refractivity contribution in [2.24, 2.45) is 11.7 Å². The predicted molar refractivity (Wildman–Crippen MR) is 87.3 cm³/mol. The summed E-state index contributed by atoms with van der Waals surface area (Å²) in [6, 6.07) is 6.56. The minimum absolute atomic E-state index is 0.0335. The standard InChI is InChI=1S/C17H21N3O4/c18-16(22)11-1-3-13(4-2-11)19-17(23)12-9-15(21)20(10-12)14-5-7-24-8-6-14/h1-4,12,14H,5-10H2,(H2,18,22)(H,19,23). The summed E-state index contributed by atoms with van der Waals surface area (Å²) in [7, 11) is 0. The number of nitrogens with two attached hydrogens (primary N) is 1. The Morgan fingerprint density at radius 3 is 2.46 bits per heavy atom. The van der Waals surface area contributed by atoms with Gasteiger partial charge < -0.3 is 20.7 Å². The first kappa shape index (κ1) is 16.4. The van der Waals surface area contributed by atoms with E-state index in [2.05, 4.69) is 5.32 Å². The molecule has 3 rings (SSSR count). The summed E-state index contributed by atoms with van der Waals surface area (Å²) in [6.45, 7) is 1.78. The van der Waals surface area contributed by atoms with Crippen LogP contribution < -0.4 is 11.1 Å². The van der Waals surface area contributed by atoms with Gasteiger partial charge in [-0.2, -0.15) is 0 Å². The maximum absolute atomic E-state index is 12.4. The van der Waals surface area contributed by atoms with Crippen molar-refractivity contribution in [3.8, 4) is 0 Å². The largest absolute Gasteiger partial charge is 0.381 e. The third kappa shape index (κ3) is 3.56. The number of nitrogens with one attached hydrogen (secondary N) is 1. The number of hydrogen-bond acceptors (Lipinski definition) is 4. The molecule has 128 valence electrons. The van der Waals surface area contributed by atoms with Gasteiger partial charge in [0.25, 0.3) is 0 Å². The molecule has 1 aromatic carbocycles. The average molecular weight is 331 g/mol. The summed E-state index contributed by atoms with van der Waals surface area (Å²) >= 11 is 0. The van der Waals surface area contributed by atoms with Crippen LogP contribution in [0.15, 0.2) is 24.3 Å². The van der Waals surface area contributed by atoms with Gasteiger partial charge in [0.15, 0.2) is 0 Å². The number of benzene rings is 1. The lowest BCUT2D eigenvalue weighted by Crippen LogP contribution is -2.41. The summed E-state index contributed by atoms with van der Waals surface area (Å²) in [5.41, 5.74) is 6.16. The number of ether oxygens (including phenoxy) is 1. The van der Waals surface area contributed by atoms with Crippen LogP contribution in [-0.4, -0.2) is 48.4 Å². The maximum Gasteiger partial charge on any atom is 0.248 e. The lowest BCUT2D eigenvalue weighted by atomic mass is 10.1. The number of nitrogens with zero attached hydrogens (tertiary/aromatic N) is 1. The van der Waals surface area contributed by atoms with Crippen LogP contribution in [-0.2, 0) is 14.3 Å². The SMILES string of the molecule is NC(=O)c1ccc(NC(=O)C2CC(=O)N(C3CCOCC3)C2)cc1. The highest BCUT2D eigenvalue weighted by Gasteiger charge is 2.38. The summed E-state index contributed by atoms with van der Waals surface area (Å²) in [6.07, 6.45) is 1.89. The lowest BCUT2D eigenvalue weighted by Gasteiger charge is -2.31. The molecule has 0 radical (unpaired) electrons. The fraction of sp³-hybridized carbons (Fsp3) is 0.471. The normalized spacial score (nSPS) is 21.8. The van der Waals surface area contributed by atoms with Gasteiger partial charge in [-0.05, 0) is 37.1 Å². The number of likely N-dealkylation sites (tertiary alicyclic amines) is 1. The van der Waals surface area contributed by atoms with Gasteiger partial charge in [0.05, 0.1) is 5.92 Å². The Morgan fingerprint density at radius 1 is 1.17 bits per heavy atom. The van der Waals surface area contributed by atoms with Gasteiger partial charge in [0.1, 0.15) is 0 Å². The molecule has 1 atom stereocenters. The molecular weight excluding hydrogens is 310 g/mol. The van der Waals surface area contributed by atoms with Gasteiger partial charge in [0.2, 0.25) is 17.7 Å². The average Bonchev–Trinajstić information content (AvgIpc) is 2.98. The fourth-order valence-corrected chi connectivity index (χ4v) is 3.22. The van der Waals surface area contributed by atoms with E-state index >= 15 is 0 Å². The van der Waals surface area contributed by atoms with Crippen LogP contribution in [0.3, 0.4) is 0 Å². The maximum atomic E-state index is 12.4. The third-order valence-corrected chi connectivity index (χ3v) is 4.60. The van der Waals surface area contributed by atoms with Crippen LogP contribution in [0.1, 0.15) is 29.6 Å². The molecule has 1 unspecified atom stereocenters. The van der Waals surface area contributed by atoms with Gasteiger partial charge in [-0.3, -0.25) is 14.4 Å². The first-order chi connectivity index (χ1) is 11.5. The topological polar surface area (TPSA) is 102 Å². The number of carbonyl (C=O) groups excluding carboxylic acids is 3. The van der Waals surface area contributed by atoms with E-state index in [-0.39, 0.29) is 30.2 Å². The highest BCUT2D eigenvalue weighted by molar-refractivity contribution is 5.98. The molecule has 3 amide bonds. The zero-order valence-electron chi connectivity index (χ0n) is 13.4. The molecule has 0 spiro atoms. The summed E-state index contributed by atoms with van der Waals surface area (Å²) < 4.78 is 5.32. The zero-order chi connectivity index (χ0) is 17.1. The molecule has 2 saturated heterocycles. The summed E-state index contributed by atoms with van der Waals surface area (Å²) in [5.74, 6) is -1.01. The molecule has 7 nitrogen and oxygen atoms in total. The molecular formula is C17H21N3O4. The minimum atomic E-state index is -0.513. The second kappa shape index (κ2) is 7.00.